The Hall–Kier alpha value is -1.75. The van der Waals surface area contributed by atoms with Crippen LogP contribution in [0.1, 0.15) is 81.1 Å². The van der Waals surface area contributed by atoms with E-state index in [4.69, 9.17) is 0 Å². The minimum atomic E-state index is -1.35. The molecule has 3 rings (SSSR count). The lowest BCUT2D eigenvalue weighted by atomic mass is 9.62. The first kappa shape index (κ1) is 23.9. The molecule has 0 aromatic heterocycles. The summed E-state index contributed by atoms with van der Waals surface area (Å²) in [5.41, 5.74) is -3.31. The summed E-state index contributed by atoms with van der Waals surface area (Å²) in [6.45, 7) is 15.1. The Bertz CT molecular complexity index is 893. The van der Waals surface area contributed by atoms with E-state index >= 15 is 0 Å². The number of carbonyl (C=O) groups is 3. The third-order valence-corrected chi connectivity index (χ3v) is 8.22. The molecule has 5 nitrogen and oxygen atoms in total. The molecule has 3 aliphatic rings. The van der Waals surface area contributed by atoms with Crippen LogP contribution in [0.3, 0.4) is 0 Å². The molecule has 0 heterocycles. The van der Waals surface area contributed by atoms with Gasteiger partial charge in [0.25, 0.3) is 0 Å². The van der Waals surface area contributed by atoms with Crippen molar-refractivity contribution in [2.24, 2.45) is 34.0 Å². The van der Waals surface area contributed by atoms with Crippen molar-refractivity contribution in [3.05, 3.63) is 23.0 Å². The molecule has 0 aromatic carbocycles. The molecule has 172 valence electrons. The van der Waals surface area contributed by atoms with Crippen molar-refractivity contribution in [3.63, 3.8) is 0 Å². The maximum Gasteiger partial charge on any atom is 0.183 e. The molecular weight excluding hydrogens is 392 g/mol. The van der Waals surface area contributed by atoms with Crippen molar-refractivity contribution in [2.75, 3.05) is 0 Å². The largest absolute Gasteiger partial charge is 0.510 e. The van der Waals surface area contributed by atoms with Gasteiger partial charge in [-0.2, -0.15) is 0 Å². The Morgan fingerprint density at radius 2 is 1.77 bits per heavy atom. The van der Waals surface area contributed by atoms with Crippen LogP contribution in [0, 0.1) is 34.0 Å². The maximum atomic E-state index is 14.1. The second-order valence-corrected chi connectivity index (χ2v) is 11.9. The molecule has 31 heavy (non-hydrogen) atoms. The minimum Gasteiger partial charge on any atom is -0.510 e. The van der Waals surface area contributed by atoms with E-state index in [9.17, 15) is 24.6 Å². The molecule has 3 aliphatic carbocycles. The summed E-state index contributed by atoms with van der Waals surface area (Å²) >= 11 is 0. The van der Waals surface area contributed by atoms with Crippen LogP contribution < -0.4 is 0 Å². The summed E-state index contributed by atoms with van der Waals surface area (Å²) < 4.78 is 0. The van der Waals surface area contributed by atoms with Crippen molar-refractivity contribution in [3.8, 4) is 0 Å². The molecule has 2 fully saturated rings. The SMILES string of the molecule is CC(C)=CCC12C[C@H]3C(C)(C)[C@@H](C(C)(C)O)C[C@@]3(C(=O)C(C(=O)CC(C)C)=C1O)C2=O. The summed E-state index contributed by atoms with van der Waals surface area (Å²) in [6, 6.07) is 0. The van der Waals surface area contributed by atoms with Crippen molar-refractivity contribution in [1.29, 1.82) is 0 Å². The first-order valence-corrected chi connectivity index (χ1v) is 11.5. The predicted octanol–water partition coefficient (Wildman–Crippen LogP) is 4.73. The second-order valence-electron chi connectivity index (χ2n) is 11.9. The maximum absolute atomic E-state index is 14.1. The molecular formula is C26H38O5. The summed E-state index contributed by atoms with van der Waals surface area (Å²) in [4.78, 5) is 41.1. The molecule has 1 unspecified atom stereocenters. The zero-order valence-corrected chi connectivity index (χ0v) is 20.3. The van der Waals surface area contributed by atoms with E-state index in [1.54, 1.807) is 13.8 Å². The normalized spacial score (nSPS) is 34.4. The third-order valence-electron chi connectivity index (χ3n) is 8.22. The molecule has 0 saturated heterocycles. The fraction of sp³-hybridized carbons (Fsp3) is 0.731. The number of Topliss-reactive ketones (excluding diaryl/α,β-unsaturated/α-hetero) is 3. The number of hydrogen-bond acceptors (Lipinski definition) is 5. The van der Waals surface area contributed by atoms with Gasteiger partial charge < -0.3 is 10.2 Å². The van der Waals surface area contributed by atoms with Crippen molar-refractivity contribution in [2.45, 2.75) is 86.7 Å². The van der Waals surface area contributed by atoms with E-state index in [0.717, 1.165) is 5.57 Å². The van der Waals surface area contributed by atoms with Gasteiger partial charge in [0.05, 0.1) is 16.4 Å². The van der Waals surface area contributed by atoms with Crippen LogP contribution in [0.2, 0.25) is 0 Å². The summed E-state index contributed by atoms with van der Waals surface area (Å²) in [5, 5.41) is 22.2. The van der Waals surface area contributed by atoms with Crippen LogP contribution in [0.15, 0.2) is 23.0 Å². The Balaban J connectivity index is 2.27. The molecule has 2 saturated carbocycles. The highest BCUT2D eigenvalue weighted by Gasteiger charge is 2.78. The third kappa shape index (κ3) is 3.18. The van der Waals surface area contributed by atoms with E-state index in [1.165, 1.54) is 0 Å². The van der Waals surface area contributed by atoms with Gasteiger partial charge in [0.1, 0.15) is 11.3 Å². The zero-order valence-electron chi connectivity index (χ0n) is 20.3. The van der Waals surface area contributed by atoms with Gasteiger partial charge in [-0.3, -0.25) is 14.4 Å². The van der Waals surface area contributed by atoms with E-state index in [1.807, 2.05) is 47.6 Å². The van der Waals surface area contributed by atoms with Crippen LogP contribution in [-0.2, 0) is 14.4 Å². The monoisotopic (exact) mass is 430 g/mol. The van der Waals surface area contributed by atoms with Crippen LogP contribution in [-0.4, -0.2) is 33.2 Å². The van der Waals surface area contributed by atoms with Crippen molar-refractivity contribution < 1.29 is 24.6 Å². The molecule has 4 atom stereocenters. The van der Waals surface area contributed by atoms with Crippen molar-refractivity contribution in [1.82, 2.24) is 0 Å². The summed E-state index contributed by atoms with van der Waals surface area (Å²) in [5.74, 6) is -2.06. The molecule has 0 amide bonds. The van der Waals surface area contributed by atoms with E-state index in [-0.39, 0.29) is 59.9 Å². The lowest BCUT2D eigenvalue weighted by molar-refractivity contribution is -0.145. The number of allylic oxidation sites excluding steroid dienone is 4. The van der Waals surface area contributed by atoms with Gasteiger partial charge in [0.2, 0.25) is 0 Å². The van der Waals surface area contributed by atoms with E-state index in [0.29, 0.717) is 6.42 Å². The standard InChI is InChI=1S/C26H38O5/c1-14(2)9-10-25-12-18-23(5,6)17(24(7,8)31)13-26(18,22(25)30)21(29)19(20(25)28)16(27)11-15(3)4/h9,15,17-18,28,31H,10-13H2,1-8H3/t17-,18-,25?,26+/m0/s1. The topological polar surface area (TPSA) is 91.7 Å². The Morgan fingerprint density at radius 3 is 2.26 bits per heavy atom. The summed E-state index contributed by atoms with van der Waals surface area (Å²) in [6.07, 6.45) is 2.90. The smallest absolute Gasteiger partial charge is 0.183 e. The Morgan fingerprint density at radius 1 is 1.19 bits per heavy atom. The van der Waals surface area contributed by atoms with Crippen LogP contribution in [0.25, 0.3) is 0 Å². The lowest BCUT2D eigenvalue weighted by Gasteiger charge is -2.41. The Labute approximate surface area is 186 Å². The highest BCUT2D eigenvalue weighted by Crippen LogP contribution is 2.73. The van der Waals surface area contributed by atoms with Gasteiger partial charge in [-0.1, -0.05) is 39.3 Å². The Kier molecular flexibility index (Phi) is 5.50. The van der Waals surface area contributed by atoms with Gasteiger partial charge >= 0.3 is 0 Å². The fourth-order valence-corrected chi connectivity index (χ4v) is 6.83. The molecule has 0 aliphatic heterocycles. The quantitative estimate of drug-likeness (QED) is 0.361. The van der Waals surface area contributed by atoms with Gasteiger partial charge in [-0.25, -0.2) is 0 Å². The van der Waals surface area contributed by atoms with Gasteiger partial charge in [0, 0.05) is 6.42 Å². The number of aliphatic hydroxyl groups is 2. The molecule has 0 aromatic rings. The lowest BCUT2D eigenvalue weighted by Crippen LogP contribution is -2.50. The van der Waals surface area contributed by atoms with Crippen molar-refractivity contribution >= 4 is 17.3 Å². The number of rotatable bonds is 6. The van der Waals surface area contributed by atoms with E-state index in [2.05, 4.69) is 0 Å². The number of hydrogen-bond donors (Lipinski definition) is 2. The predicted molar refractivity (Wildman–Crippen MR) is 119 cm³/mol. The minimum absolute atomic E-state index is 0.0297. The number of fused-ring (bicyclic) bond motifs is 1. The summed E-state index contributed by atoms with van der Waals surface area (Å²) in [7, 11) is 0. The number of carbonyl (C=O) groups excluding carboxylic acids is 3. The number of aliphatic hydroxyl groups excluding tert-OH is 1. The highest BCUT2D eigenvalue weighted by molar-refractivity contribution is 6.32. The average molecular weight is 431 g/mol. The second kappa shape index (κ2) is 7.13. The number of ketones is 3. The highest BCUT2D eigenvalue weighted by atomic mass is 16.3. The fourth-order valence-electron chi connectivity index (χ4n) is 6.83. The van der Waals surface area contributed by atoms with Gasteiger partial charge in [-0.05, 0) is 70.1 Å². The zero-order chi connectivity index (χ0) is 23.7. The molecule has 2 N–H and O–H groups in total. The average Bonchev–Trinajstić information content (AvgIpc) is 2.97. The molecule has 1 spiro atoms. The molecule has 0 radical (unpaired) electrons. The van der Waals surface area contributed by atoms with Gasteiger partial charge in [0.15, 0.2) is 17.3 Å². The molecule has 5 heteroatoms. The van der Waals surface area contributed by atoms with Crippen LogP contribution >= 0.6 is 0 Å². The van der Waals surface area contributed by atoms with Crippen LogP contribution in [0.5, 0.6) is 0 Å². The molecule has 2 bridgehead atoms. The van der Waals surface area contributed by atoms with Crippen LogP contribution in [0.4, 0.5) is 0 Å². The first-order chi connectivity index (χ1) is 14.0. The van der Waals surface area contributed by atoms with Gasteiger partial charge in [-0.15, -0.1) is 0 Å². The first-order valence-electron chi connectivity index (χ1n) is 11.5. The van der Waals surface area contributed by atoms with E-state index < -0.39 is 27.6 Å².